The van der Waals surface area contributed by atoms with Crippen molar-refractivity contribution in [3.63, 3.8) is 0 Å². The number of hydrogen-bond acceptors (Lipinski definition) is 5. The summed E-state index contributed by atoms with van der Waals surface area (Å²) in [5, 5.41) is 14.2. The second kappa shape index (κ2) is 4.83. The van der Waals surface area contributed by atoms with E-state index in [1.165, 1.54) is 0 Å². The van der Waals surface area contributed by atoms with Crippen molar-refractivity contribution in [1.82, 2.24) is 14.9 Å². The van der Waals surface area contributed by atoms with Gasteiger partial charge in [0, 0.05) is 18.6 Å². The standard InChI is InChI=1S/C11H17N3O5S/c1-11(2)7(4-8(11)19-3)14-20(17,18)9-6(10(15)16)5-12-13-9/h5,7-8,14H,4H2,1-3H3,(H,12,13)(H,15,16). The van der Waals surface area contributed by atoms with Crippen molar-refractivity contribution in [2.45, 2.75) is 37.4 Å². The van der Waals surface area contributed by atoms with Crippen LogP contribution in [0.5, 0.6) is 0 Å². The van der Waals surface area contributed by atoms with Gasteiger partial charge in [0.1, 0.15) is 5.56 Å². The summed E-state index contributed by atoms with van der Waals surface area (Å²) in [5.74, 6) is -1.35. The average Bonchev–Trinajstić information content (AvgIpc) is 2.84. The molecule has 0 radical (unpaired) electrons. The number of aromatic amines is 1. The zero-order valence-electron chi connectivity index (χ0n) is 11.4. The SMILES string of the molecule is COC1CC(NS(=O)(=O)c2[nH]ncc2C(=O)O)C1(C)C. The summed E-state index contributed by atoms with van der Waals surface area (Å²) in [6.45, 7) is 3.78. The first-order valence-corrected chi connectivity index (χ1v) is 7.50. The van der Waals surface area contributed by atoms with Crippen LogP contribution in [0.3, 0.4) is 0 Å². The molecule has 1 aliphatic rings. The van der Waals surface area contributed by atoms with Crippen LogP contribution < -0.4 is 4.72 Å². The Morgan fingerprint density at radius 2 is 2.25 bits per heavy atom. The van der Waals surface area contributed by atoms with Gasteiger partial charge in [0.25, 0.3) is 10.0 Å². The summed E-state index contributed by atoms with van der Waals surface area (Å²) >= 11 is 0. The van der Waals surface area contributed by atoms with Gasteiger partial charge in [-0.15, -0.1) is 0 Å². The molecule has 112 valence electrons. The summed E-state index contributed by atoms with van der Waals surface area (Å²) in [6, 6.07) is -0.317. The van der Waals surface area contributed by atoms with Crippen LogP contribution in [0.1, 0.15) is 30.6 Å². The number of ether oxygens (including phenoxy) is 1. The summed E-state index contributed by atoms with van der Waals surface area (Å²) in [7, 11) is -2.38. The second-order valence-corrected chi connectivity index (χ2v) is 7.02. The molecule has 3 N–H and O–H groups in total. The van der Waals surface area contributed by atoms with Crippen molar-refractivity contribution in [3.8, 4) is 0 Å². The molecule has 1 fully saturated rings. The van der Waals surface area contributed by atoms with Gasteiger partial charge >= 0.3 is 5.97 Å². The van der Waals surface area contributed by atoms with Gasteiger partial charge in [-0.3, -0.25) is 5.10 Å². The molecule has 0 saturated heterocycles. The Hall–Kier alpha value is -1.45. The highest BCUT2D eigenvalue weighted by atomic mass is 32.2. The number of aromatic nitrogens is 2. The third-order valence-electron chi connectivity index (χ3n) is 3.86. The molecule has 0 aliphatic heterocycles. The Balaban J connectivity index is 2.21. The molecule has 9 heteroatoms. The number of sulfonamides is 1. The molecule has 1 heterocycles. The first kappa shape index (κ1) is 14.9. The zero-order valence-corrected chi connectivity index (χ0v) is 12.2. The Morgan fingerprint density at radius 3 is 2.75 bits per heavy atom. The van der Waals surface area contributed by atoms with Crippen molar-refractivity contribution >= 4 is 16.0 Å². The molecule has 2 unspecified atom stereocenters. The van der Waals surface area contributed by atoms with Gasteiger partial charge in [0.15, 0.2) is 5.03 Å². The monoisotopic (exact) mass is 303 g/mol. The molecule has 1 aromatic rings. The van der Waals surface area contributed by atoms with E-state index in [1.807, 2.05) is 13.8 Å². The number of nitrogens with zero attached hydrogens (tertiary/aromatic N) is 1. The summed E-state index contributed by atoms with van der Waals surface area (Å²) in [4.78, 5) is 11.0. The number of H-pyrrole nitrogens is 1. The van der Waals surface area contributed by atoms with Crippen LogP contribution in [-0.4, -0.2) is 48.9 Å². The summed E-state index contributed by atoms with van der Waals surface area (Å²) in [5.41, 5.74) is -0.733. The minimum Gasteiger partial charge on any atom is -0.478 e. The van der Waals surface area contributed by atoms with Gasteiger partial charge in [-0.2, -0.15) is 5.10 Å². The number of nitrogens with one attached hydrogen (secondary N) is 2. The molecule has 2 atom stereocenters. The normalized spacial score (nSPS) is 25.1. The van der Waals surface area contributed by atoms with Crippen molar-refractivity contribution in [3.05, 3.63) is 11.8 Å². The lowest BCUT2D eigenvalue weighted by Crippen LogP contribution is -2.61. The molecule has 1 aliphatic carbocycles. The smallest absolute Gasteiger partial charge is 0.340 e. The average molecular weight is 303 g/mol. The van der Waals surface area contributed by atoms with E-state index in [2.05, 4.69) is 14.9 Å². The Labute approximate surface area is 116 Å². The highest BCUT2D eigenvalue weighted by Crippen LogP contribution is 2.43. The largest absolute Gasteiger partial charge is 0.478 e. The number of rotatable bonds is 5. The molecule has 8 nitrogen and oxygen atoms in total. The lowest BCUT2D eigenvalue weighted by molar-refractivity contribution is -0.0908. The fourth-order valence-corrected chi connectivity index (χ4v) is 3.86. The zero-order chi connectivity index (χ0) is 15.1. The maximum Gasteiger partial charge on any atom is 0.340 e. The fourth-order valence-electron chi connectivity index (χ4n) is 2.36. The predicted molar refractivity (Wildman–Crippen MR) is 68.9 cm³/mol. The number of hydrogen-bond donors (Lipinski definition) is 3. The second-order valence-electron chi connectivity index (χ2n) is 5.37. The van der Waals surface area contributed by atoms with E-state index >= 15 is 0 Å². The van der Waals surface area contributed by atoms with Crippen molar-refractivity contribution in [2.24, 2.45) is 5.41 Å². The summed E-state index contributed by atoms with van der Waals surface area (Å²) in [6.07, 6.45) is 1.48. The van der Waals surface area contributed by atoms with Gasteiger partial charge in [-0.1, -0.05) is 13.8 Å². The number of carbonyl (C=O) groups is 1. The molecule has 1 aromatic heterocycles. The first-order valence-electron chi connectivity index (χ1n) is 6.02. The van der Waals surface area contributed by atoms with Crippen LogP contribution in [0, 0.1) is 5.41 Å². The van der Waals surface area contributed by atoms with Crippen LogP contribution in [0.4, 0.5) is 0 Å². The quantitative estimate of drug-likeness (QED) is 0.714. The van der Waals surface area contributed by atoms with Gasteiger partial charge in [-0.05, 0) is 6.42 Å². The minimum absolute atomic E-state index is 0.0316. The van der Waals surface area contributed by atoms with E-state index in [4.69, 9.17) is 9.84 Å². The van der Waals surface area contributed by atoms with E-state index in [1.54, 1.807) is 7.11 Å². The van der Waals surface area contributed by atoms with Crippen molar-refractivity contribution in [2.75, 3.05) is 7.11 Å². The Morgan fingerprint density at radius 1 is 1.60 bits per heavy atom. The summed E-state index contributed by atoms with van der Waals surface area (Å²) < 4.78 is 32.2. The van der Waals surface area contributed by atoms with E-state index < -0.39 is 21.0 Å². The Bertz CT molecular complexity index is 622. The molecule has 0 spiro atoms. The van der Waals surface area contributed by atoms with Gasteiger partial charge in [0.2, 0.25) is 0 Å². The lowest BCUT2D eigenvalue weighted by Gasteiger charge is -2.50. The number of carboxylic acids is 1. The van der Waals surface area contributed by atoms with Crippen LogP contribution in [-0.2, 0) is 14.8 Å². The molecule has 1 saturated carbocycles. The highest BCUT2D eigenvalue weighted by Gasteiger charge is 2.50. The van der Waals surface area contributed by atoms with Gasteiger partial charge in [-0.25, -0.2) is 17.9 Å². The third-order valence-corrected chi connectivity index (χ3v) is 5.31. The van der Waals surface area contributed by atoms with E-state index in [0.29, 0.717) is 6.42 Å². The number of carboxylic acid groups (broad SMARTS) is 1. The van der Waals surface area contributed by atoms with Gasteiger partial charge in [0.05, 0.1) is 12.3 Å². The van der Waals surface area contributed by atoms with Crippen LogP contribution in [0.25, 0.3) is 0 Å². The lowest BCUT2D eigenvalue weighted by atomic mass is 9.65. The Kier molecular flexibility index (Phi) is 3.61. The van der Waals surface area contributed by atoms with Crippen LogP contribution in [0.15, 0.2) is 11.2 Å². The van der Waals surface area contributed by atoms with Crippen LogP contribution >= 0.6 is 0 Å². The fraction of sp³-hybridized carbons (Fsp3) is 0.636. The van der Waals surface area contributed by atoms with E-state index in [0.717, 1.165) is 6.20 Å². The molecule has 20 heavy (non-hydrogen) atoms. The maximum atomic E-state index is 12.2. The van der Waals surface area contributed by atoms with E-state index in [9.17, 15) is 13.2 Å². The van der Waals surface area contributed by atoms with Crippen molar-refractivity contribution < 1.29 is 23.1 Å². The molecule has 0 aromatic carbocycles. The number of methoxy groups -OCH3 is 1. The molecular formula is C11H17N3O5S. The van der Waals surface area contributed by atoms with Gasteiger partial charge < -0.3 is 9.84 Å². The van der Waals surface area contributed by atoms with E-state index in [-0.39, 0.29) is 23.1 Å². The highest BCUT2D eigenvalue weighted by molar-refractivity contribution is 7.89. The predicted octanol–water partition coefficient (Wildman–Crippen LogP) is 0.200. The maximum absolute atomic E-state index is 12.2. The molecule has 0 bridgehead atoms. The third kappa shape index (κ3) is 2.32. The molecule has 0 amide bonds. The van der Waals surface area contributed by atoms with Crippen molar-refractivity contribution in [1.29, 1.82) is 0 Å². The molecule has 2 rings (SSSR count). The minimum atomic E-state index is -3.96. The van der Waals surface area contributed by atoms with Crippen LogP contribution in [0.2, 0.25) is 0 Å². The topological polar surface area (TPSA) is 121 Å². The molecular weight excluding hydrogens is 286 g/mol. The first-order chi connectivity index (χ1) is 9.20. The number of aromatic carboxylic acids is 1.